The molecule has 90 valence electrons. The number of nitrogens with two attached hydrogens (primary N) is 1. The first kappa shape index (κ1) is 12.9. The zero-order valence-electron chi connectivity index (χ0n) is 10.1. The quantitative estimate of drug-likeness (QED) is 0.697. The van der Waals surface area contributed by atoms with Crippen LogP contribution in [0, 0.1) is 5.92 Å². The normalized spacial score (nSPS) is 18.6. The summed E-state index contributed by atoms with van der Waals surface area (Å²) in [6.45, 7) is 8.62. The van der Waals surface area contributed by atoms with E-state index in [-0.39, 0.29) is 0 Å². The van der Waals surface area contributed by atoms with Crippen molar-refractivity contribution in [2.45, 2.75) is 32.6 Å². The predicted octanol–water partition coefficient (Wildman–Crippen LogP) is 1.47. The summed E-state index contributed by atoms with van der Waals surface area (Å²) in [7, 11) is 0. The van der Waals surface area contributed by atoms with Crippen molar-refractivity contribution in [1.29, 1.82) is 0 Å². The first-order chi connectivity index (χ1) is 7.36. The molecule has 15 heavy (non-hydrogen) atoms. The summed E-state index contributed by atoms with van der Waals surface area (Å²) in [5, 5.41) is 0. The molecule has 1 saturated heterocycles. The molecule has 3 heteroatoms. The smallest absolute Gasteiger partial charge is 0.0469 e. The predicted molar refractivity (Wildman–Crippen MR) is 63.9 cm³/mol. The molecule has 0 amide bonds. The molecular weight excluding hydrogens is 188 g/mol. The van der Waals surface area contributed by atoms with Crippen LogP contribution >= 0.6 is 0 Å². The highest BCUT2D eigenvalue weighted by Crippen LogP contribution is 2.16. The molecule has 0 radical (unpaired) electrons. The van der Waals surface area contributed by atoms with E-state index in [9.17, 15) is 0 Å². The van der Waals surface area contributed by atoms with Crippen LogP contribution < -0.4 is 5.73 Å². The van der Waals surface area contributed by atoms with Gasteiger partial charge in [0.15, 0.2) is 0 Å². The lowest BCUT2D eigenvalue weighted by Gasteiger charge is -2.29. The molecule has 0 aromatic carbocycles. The Bertz CT molecular complexity index is 147. The monoisotopic (exact) mass is 214 g/mol. The lowest BCUT2D eigenvalue weighted by atomic mass is 9.99. The van der Waals surface area contributed by atoms with Crippen LogP contribution in [0.25, 0.3) is 0 Å². The van der Waals surface area contributed by atoms with E-state index < -0.39 is 0 Å². The topological polar surface area (TPSA) is 38.5 Å². The van der Waals surface area contributed by atoms with Crippen molar-refractivity contribution in [1.82, 2.24) is 4.90 Å². The van der Waals surface area contributed by atoms with E-state index in [1.54, 1.807) is 0 Å². The Morgan fingerprint density at radius 2 is 2.00 bits per heavy atom. The van der Waals surface area contributed by atoms with Crippen molar-refractivity contribution in [3.05, 3.63) is 0 Å². The highest BCUT2D eigenvalue weighted by molar-refractivity contribution is 4.69. The maximum absolute atomic E-state index is 5.56. The van der Waals surface area contributed by atoms with E-state index in [1.165, 1.54) is 38.9 Å². The second-order valence-corrected chi connectivity index (χ2v) is 4.50. The van der Waals surface area contributed by atoms with E-state index in [2.05, 4.69) is 11.8 Å². The van der Waals surface area contributed by atoms with Crippen LogP contribution in [0.15, 0.2) is 0 Å². The van der Waals surface area contributed by atoms with Gasteiger partial charge in [0, 0.05) is 19.8 Å². The molecule has 0 spiro atoms. The molecule has 0 aromatic rings. The fourth-order valence-corrected chi connectivity index (χ4v) is 2.22. The van der Waals surface area contributed by atoms with Crippen LogP contribution in [-0.4, -0.2) is 44.3 Å². The summed E-state index contributed by atoms with van der Waals surface area (Å²) in [4.78, 5) is 2.57. The molecule has 0 unspecified atom stereocenters. The third-order valence-electron chi connectivity index (χ3n) is 3.08. The van der Waals surface area contributed by atoms with Crippen molar-refractivity contribution >= 4 is 0 Å². The minimum atomic E-state index is 0.813. The molecule has 1 heterocycles. The van der Waals surface area contributed by atoms with Gasteiger partial charge in [0.2, 0.25) is 0 Å². The highest BCUT2D eigenvalue weighted by Gasteiger charge is 2.16. The highest BCUT2D eigenvalue weighted by atomic mass is 16.5. The summed E-state index contributed by atoms with van der Waals surface area (Å²) in [6.07, 6.45) is 4.85. The molecule has 1 fully saturated rings. The number of ether oxygens (including phenoxy) is 1. The maximum Gasteiger partial charge on any atom is 0.0469 e. The van der Waals surface area contributed by atoms with Crippen molar-refractivity contribution < 1.29 is 4.74 Å². The van der Waals surface area contributed by atoms with E-state index in [1.807, 2.05) is 0 Å². The second kappa shape index (κ2) is 8.08. The van der Waals surface area contributed by atoms with Crippen molar-refractivity contribution in [2.75, 3.05) is 39.4 Å². The van der Waals surface area contributed by atoms with Gasteiger partial charge in [-0.1, -0.05) is 6.92 Å². The molecule has 1 rings (SSSR count). The van der Waals surface area contributed by atoms with Gasteiger partial charge in [-0.05, 0) is 51.2 Å². The van der Waals surface area contributed by atoms with Crippen molar-refractivity contribution in [3.8, 4) is 0 Å². The van der Waals surface area contributed by atoms with Gasteiger partial charge in [-0.25, -0.2) is 0 Å². The molecule has 0 bridgehead atoms. The molecule has 2 N–H and O–H groups in total. The number of rotatable bonds is 7. The third kappa shape index (κ3) is 5.50. The molecule has 0 aliphatic carbocycles. The largest absolute Gasteiger partial charge is 0.381 e. The van der Waals surface area contributed by atoms with E-state index >= 15 is 0 Å². The summed E-state index contributed by atoms with van der Waals surface area (Å²) in [5.41, 5.74) is 5.56. The van der Waals surface area contributed by atoms with Gasteiger partial charge in [0.25, 0.3) is 0 Å². The maximum atomic E-state index is 5.56. The zero-order valence-corrected chi connectivity index (χ0v) is 10.1. The van der Waals surface area contributed by atoms with Crippen LogP contribution in [0.2, 0.25) is 0 Å². The van der Waals surface area contributed by atoms with E-state index in [0.29, 0.717) is 0 Å². The molecular formula is C12H26N2O. The molecule has 1 aliphatic rings. The Labute approximate surface area is 94.0 Å². The van der Waals surface area contributed by atoms with Crippen LogP contribution in [0.3, 0.4) is 0 Å². The number of hydrogen-bond donors (Lipinski definition) is 1. The first-order valence-electron chi connectivity index (χ1n) is 6.37. The Morgan fingerprint density at radius 3 is 2.60 bits per heavy atom. The summed E-state index contributed by atoms with van der Waals surface area (Å²) in [5.74, 6) is 0.850. The number of nitrogens with zero attached hydrogens (tertiary/aromatic N) is 1. The zero-order chi connectivity index (χ0) is 10.9. The lowest BCUT2D eigenvalue weighted by Crippen LogP contribution is -2.34. The Kier molecular flexibility index (Phi) is 6.98. The van der Waals surface area contributed by atoms with Crippen molar-refractivity contribution in [2.24, 2.45) is 11.7 Å². The lowest BCUT2D eigenvalue weighted by molar-refractivity contribution is 0.0524. The first-order valence-corrected chi connectivity index (χ1v) is 6.37. The average molecular weight is 214 g/mol. The fourth-order valence-electron chi connectivity index (χ4n) is 2.22. The van der Waals surface area contributed by atoms with Crippen molar-refractivity contribution in [3.63, 3.8) is 0 Å². The van der Waals surface area contributed by atoms with E-state index in [4.69, 9.17) is 10.5 Å². The molecule has 1 aliphatic heterocycles. The fraction of sp³-hybridized carbons (Fsp3) is 1.00. The summed E-state index contributed by atoms with van der Waals surface area (Å²) < 4.78 is 5.38. The average Bonchev–Trinajstić information content (AvgIpc) is 2.28. The minimum absolute atomic E-state index is 0.813. The third-order valence-corrected chi connectivity index (χ3v) is 3.08. The molecule has 0 aromatic heterocycles. The molecule has 0 saturated carbocycles. The summed E-state index contributed by atoms with van der Waals surface area (Å²) in [6, 6.07) is 0. The van der Waals surface area contributed by atoms with Gasteiger partial charge in [0.1, 0.15) is 0 Å². The van der Waals surface area contributed by atoms with Crippen LogP contribution in [0.5, 0.6) is 0 Å². The van der Waals surface area contributed by atoms with E-state index in [0.717, 1.165) is 32.1 Å². The van der Waals surface area contributed by atoms with Gasteiger partial charge in [-0.15, -0.1) is 0 Å². The molecule has 0 atom stereocenters. The van der Waals surface area contributed by atoms with Gasteiger partial charge in [0.05, 0.1) is 0 Å². The Hall–Kier alpha value is -0.120. The SMILES string of the molecule is CCCN(CCCN)CC1CCOCC1. The van der Waals surface area contributed by atoms with Gasteiger partial charge in [-0.2, -0.15) is 0 Å². The Morgan fingerprint density at radius 1 is 1.27 bits per heavy atom. The Balaban J connectivity index is 2.21. The van der Waals surface area contributed by atoms with Crippen LogP contribution in [0.4, 0.5) is 0 Å². The number of hydrogen-bond acceptors (Lipinski definition) is 3. The molecule has 3 nitrogen and oxygen atoms in total. The van der Waals surface area contributed by atoms with Gasteiger partial charge < -0.3 is 15.4 Å². The standard InChI is InChI=1S/C12H26N2O/c1-2-7-14(8-3-6-13)11-12-4-9-15-10-5-12/h12H,2-11,13H2,1H3. The second-order valence-electron chi connectivity index (χ2n) is 4.50. The van der Waals surface area contributed by atoms with Gasteiger partial charge >= 0.3 is 0 Å². The minimum Gasteiger partial charge on any atom is -0.381 e. The van der Waals surface area contributed by atoms with Gasteiger partial charge in [-0.3, -0.25) is 0 Å². The van der Waals surface area contributed by atoms with Crippen LogP contribution in [0.1, 0.15) is 32.6 Å². The summed E-state index contributed by atoms with van der Waals surface area (Å²) >= 11 is 0. The van der Waals surface area contributed by atoms with Crippen LogP contribution in [-0.2, 0) is 4.74 Å².